The maximum atomic E-state index is 14.1. The highest BCUT2D eigenvalue weighted by atomic mass is 79.9. The highest BCUT2D eigenvalue weighted by Crippen LogP contribution is 2.37. The lowest BCUT2D eigenvalue weighted by molar-refractivity contribution is -0.139. The molecule has 210 valence electrons. The largest absolute Gasteiger partial charge is 0.493 e. The molecule has 0 unspecified atom stereocenters. The monoisotopic (exact) mass is 626 g/mol. The van der Waals surface area contributed by atoms with E-state index in [0.29, 0.717) is 49.0 Å². The first-order chi connectivity index (χ1) is 19.2. The van der Waals surface area contributed by atoms with E-state index in [2.05, 4.69) is 27.5 Å². The first-order valence-corrected chi connectivity index (χ1v) is 14.4. The predicted octanol–water partition coefficient (Wildman–Crippen LogP) is 4.92. The van der Waals surface area contributed by atoms with Crippen LogP contribution in [0.2, 0.25) is 0 Å². The van der Waals surface area contributed by atoms with Crippen molar-refractivity contribution >= 4 is 39.3 Å². The molecular weight excluding hydrogens is 596 g/mol. The molecule has 0 amide bonds. The van der Waals surface area contributed by atoms with Crippen molar-refractivity contribution in [2.24, 2.45) is 4.99 Å². The normalized spacial score (nSPS) is 15.0. The number of fused-ring (bicyclic) bond motifs is 1. The lowest BCUT2D eigenvalue weighted by Crippen LogP contribution is -2.40. The molecular formula is C30H31BrN2O6S. The molecule has 0 radical (unpaired) electrons. The van der Waals surface area contributed by atoms with Gasteiger partial charge in [0.15, 0.2) is 16.3 Å². The second-order valence-corrected chi connectivity index (χ2v) is 11.1. The third kappa shape index (κ3) is 5.93. The van der Waals surface area contributed by atoms with Gasteiger partial charge in [-0.1, -0.05) is 58.1 Å². The van der Waals surface area contributed by atoms with Gasteiger partial charge in [-0.2, -0.15) is 0 Å². The zero-order valence-electron chi connectivity index (χ0n) is 23.0. The van der Waals surface area contributed by atoms with Crippen LogP contribution in [0.3, 0.4) is 0 Å². The molecule has 8 nitrogen and oxygen atoms in total. The summed E-state index contributed by atoms with van der Waals surface area (Å²) in [6, 6.07) is 10.2. The minimum Gasteiger partial charge on any atom is -0.493 e. The van der Waals surface area contributed by atoms with E-state index in [0.717, 1.165) is 4.47 Å². The van der Waals surface area contributed by atoms with Gasteiger partial charge in [-0.3, -0.25) is 9.36 Å². The van der Waals surface area contributed by atoms with Crippen LogP contribution in [0.25, 0.3) is 6.08 Å². The summed E-state index contributed by atoms with van der Waals surface area (Å²) in [4.78, 5) is 32.5. The van der Waals surface area contributed by atoms with Crippen molar-refractivity contribution in [3.05, 3.63) is 95.6 Å². The van der Waals surface area contributed by atoms with Crippen LogP contribution in [0.1, 0.15) is 44.9 Å². The van der Waals surface area contributed by atoms with Crippen LogP contribution < -0.4 is 29.1 Å². The molecule has 0 aliphatic carbocycles. The van der Waals surface area contributed by atoms with Crippen molar-refractivity contribution in [3.8, 4) is 17.2 Å². The van der Waals surface area contributed by atoms with Gasteiger partial charge in [-0.25, -0.2) is 9.79 Å². The molecule has 4 rings (SSSR count). The first-order valence-electron chi connectivity index (χ1n) is 12.8. The number of carbonyl (C=O) groups excluding carboxylic acids is 1. The summed E-state index contributed by atoms with van der Waals surface area (Å²) in [6.07, 6.45) is 3.26. The first kappa shape index (κ1) is 29.4. The number of methoxy groups -OCH3 is 1. The minimum absolute atomic E-state index is 0.117. The maximum Gasteiger partial charge on any atom is 0.338 e. The third-order valence-electron chi connectivity index (χ3n) is 5.99. The Balaban J connectivity index is 2.00. The van der Waals surface area contributed by atoms with Crippen molar-refractivity contribution in [2.75, 3.05) is 20.3 Å². The fourth-order valence-corrected chi connectivity index (χ4v) is 5.93. The Labute approximate surface area is 245 Å². The lowest BCUT2D eigenvalue weighted by atomic mass is 9.95. The zero-order valence-corrected chi connectivity index (χ0v) is 25.4. The molecule has 3 aromatic rings. The van der Waals surface area contributed by atoms with E-state index in [1.165, 1.54) is 15.9 Å². The van der Waals surface area contributed by atoms with Gasteiger partial charge in [-0.05, 0) is 52.0 Å². The molecule has 1 aliphatic heterocycles. The van der Waals surface area contributed by atoms with Gasteiger partial charge in [0.1, 0.15) is 18.4 Å². The Hall–Kier alpha value is -3.63. The minimum atomic E-state index is -0.791. The molecule has 0 N–H and O–H groups in total. The van der Waals surface area contributed by atoms with E-state index < -0.39 is 12.0 Å². The smallest absolute Gasteiger partial charge is 0.338 e. The highest BCUT2D eigenvalue weighted by Gasteiger charge is 2.35. The highest BCUT2D eigenvalue weighted by molar-refractivity contribution is 9.10. The number of nitrogens with zero attached hydrogens (tertiary/aromatic N) is 2. The van der Waals surface area contributed by atoms with E-state index >= 15 is 0 Å². The summed E-state index contributed by atoms with van der Waals surface area (Å²) in [6.45, 7) is 11.5. The number of esters is 1. The van der Waals surface area contributed by atoms with Crippen molar-refractivity contribution < 1.29 is 23.7 Å². The third-order valence-corrected chi connectivity index (χ3v) is 7.43. The summed E-state index contributed by atoms with van der Waals surface area (Å²) in [5.74, 6) is 1.03. The van der Waals surface area contributed by atoms with Gasteiger partial charge in [0.05, 0.1) is 35.6 Å². The quantitative estimate of drug-likeness (QED) is 0.234. The van der Waals surface area contributed by atoms with E-state index in [1.807, 2.05) is 44.2 Å². The molecule has 0 saturated carbocycles. The predicted molar refractivity (Wildman–Crippen MR) is 159 cm³/mol. The molecule has 2 heterocycles. The molecule has 10 heteroatoms. The lowest BCUT2D eigenvalue weighted by Gasteiger charge is -2.26. The van der Waals surface area contributed by atoms with Crippen LogP contribution >= 0.6 is 27.3 Å². The van der Waals surface area contributed by atoms with Gasteiger partial charge >= 0.3 is 5.97 Å². The van der Waals surface area contributed by atoms with E-state index in [4.69, 9.17) is 18.9 Å². The molecule has 1 atom stereocenters. The Bertz CT molecular complexity index is 1650. The van der Waals surface area contributed by atoms with Crippen LogP contribution in [-0.4, -0.2) is 37.0 Å². The SMILES string of the molecule is C=CCOc1c(/C=c2\sc3n(c2=O)[C@H](c2ccccc2OC(C)C)C(C(=O)OCC)=C(C)N=3)cc(Br)cc1OC. The molecule has 0 fully saturated rings. The molecule has 1 aromatic heterocycles. The topological polar surface area (TPSA) is 88.4 Å². The van der Waals surface area contributed by atoms with Crippen molar-refractivity contribution in [3.63, 3.8) is 0 Å². The summed E-state index contributed by atoms with van der Waals surface area (Å²) >= 11 is 4.74. The Morgan fingerprint density at radius 1 is 1.25 bits per heavy atom. The van der Waals surface area contributed by atoms with Gasteiger partial charge in [0.25, 0.3) is 5.56 Å². The van der Waals surface area contributed by atoms with E-state index in [9.17, 15) is 9.59 Å². The fourth-order valence-electron chi connectivity index (χ4n) is 4.44. The number of halogens is 1. The van der Waals surface area contributed by atoms with Crippen molar-refractivity contribution in [1.29, 1.82) is 0 Å². The number of carbonyl (C=O) groups is 1. The summed E-state index contributed by atoms with van der Waals surface area (Å²) in [5.41, 5.74) is 1.77. The van der Waals surface area contributed by atoms with Crippen LogP contribution in [0.15, 0.2) is 74.6 Å². The Morgan fingerprint density at radius 2 is 2.00 bits per heavy atom. The second-order valence-electron chi connectivity index (χ2n) is 9.13. The summed E-state index contributed by atoms with van der Waals surface area (Å²) in [7, 11) is 1.55. The van der Waals surface area contributed by atoms with Crippen LogP contribution in [0.5, 0.6) is 17.2 Å². The number of rotatable bonds is 10. The number of allylic oxidation sites excluding steroid dienone is 1. The second kappa shape index (κ2) is 12.7. The van der Waals surface area contributed by atoms with E-state index in [-0.39, 0.29) is 24.9 Å². The molecule has 2 aromatic carbocycles. The van der Waals surface area contributed by atoms with Crippen LogP contribution in [-0.2, 0) is 9.53 Å². The summed E-state index contributed by atoms with van der Waals surface area (Å²) in [5, 5.41) is 0. The zero-order chi connectivity index (χ0) is 29.0. The molecule has 0 bridgehead atoms. The number of thiazole rings is 1. The molecule has 0 spiro atoms. The average Bonchev–Trinajstić information content (AvgIpc) is 3.21. The summed E-state index contributed by atoms with van der Waals surface area (Å²) < 4.78 is 25.7. The standard InChI is InChI=1S/C30H31BrN2O6S/c1-7-13-38-27-19(14-20(31)16-23(27)36-6)15-24-28(34)33-26(21-11-9-10-12-22(21)39-17(3)4)25(29(35)37-8-2)18(5)32-30(33)40-24/h7,9-12,14-17,26H,1,8,13H2,2-6H3/b24-15-/t26-/m1/s1. The number of hydrogen-bond acceptors (Lipinski definition) is 8. The number of benzene rings is 2. The van der Waals surface area contributed by atoms with Crippen LogP contribution in [0, 0.1) is 0 Å². The van der Waals surface area contributed by atoms with Gasteiger partial charge in [0.2, 0.25) is 0 Å². The average molecular weight is 628 g/mol. The number of aromatic nitrogens is 1. The fraction of sp³-hybridized carbons (Fsp3) is 0.300. The number of hydrogen-bond donors (Lipinski definition) is 0. The number of para-hydroxylation sites is 1. The van der Waals surface area contributed by atoms with Gasteiger partial charge < -0.3 is 18.9 Å². The van der Waals surface area contributed by atoms with Crippen LogP contribution in [0.4, 0.5) is 0 Å². The molecule has 40 heavy (non-hydrogen) atoms. The van der Waals surface area contributed by atoms with E-state index in [1.54, 1.807) is 39.2 Å². The van der Waals surface area contributed by atoms with Gasteiger partial charge in [-0.15, -0.1) is 0 Å². The molecule has 0 saturated heterocycles. The Kier molecular flexibility index (Phi) is 9.32. The van der Waals surface area contributed by atoms with Gasteiger partial charge in [0, 0.05) is 15.6 Å². The molecule has 1 aliphatic rings. The van der Waals surface area contributed by atoms with Crippen molar-refractivity contribution in [2.45, 2.75) is 39.8 Å². The number of ether oxygens (including phenoxy) is 4. The maximum absolute atomic E-state index is 14.1. The van der Waals surface area contributed by atoms with Crippen molar-refractivity contribution in [1.82, 2.24) is 4.57 Å². The Morgan fingerprint density at radius 3 is 2.67 bits per heavy atom.